The summed E-state index contributed by atoms with van der Waals surface area (Å²) >= 11 is 0. The highest BCUT2D eigenvalue weighted by molar-refractivity contribution is 6.05. The highest BCUT2D eigenvalue weighted by Gasteiger charge is 2.39. The van der Waals surface area contributed by atoms with Crippen LogP contribution in [0.3, 0.4) is 0 Å². The first-order chi connectivity index (χ1) is 18.5. The number of piperidine rings is 1. The number of piperazine rings is 1. The van der Waals surface area contributed by atoms with Crippen molar-refractivity contribution in [3.05, 3.63) is 53.2 Å². The third kappa shape index (κ3) is 7.11. The molecule has 5 rings (SSSR count). The van der Waals surface area contributed by atoms with Crippen LogP contribution in [0.25, 0.3) is 0 Å². The molecule has 0 saturated carbocycles. The van der Waals surface area contributed by atoms with Gasteiger partial charge in [-0.2, -0.15) is 0 Å². The van der Waals surface area contributed by atoms with Gasteiger partial charge in [-0.15, -0.1) is 12.4 Å². The fraction of sp³-hybridized carbons (Fsp3) is 0.444. The number of fused-ring (bicyclic) bond motifs is 1. The first-order valence-corrected chi connectivity index (χ1v) is 13.0. The summed E-state index contributed by atoms with van der Waals surface area (Å²) in [7, 11) is 0. The Labute approximate surface area is 233 Å². The number of benzene rings is 1. The van der Waals surface area contributed by atoms with Crippen molar-refractivity contribution in [3.8, 4) is 5.88 Å². The van der Waals surface area contributed by atoms with Crippen molar-refractivity contribution >= 4 is 41.7 Å². The van der Waals surface area contributed by atoms with E-state index < -0.39 is 11.9 Å². The summed E-state index contributed by atoms with van der Waals surface area (Å²) in [4.78, 5) is 57.4. The standard InChI is InChI=1S/C27H32N6O5.ClH/c34-23-6-5-22(26(36)31-23)33-17-19-15-20(3-4-21(19)27(33)37)30-24(35)14-18-2-7-25(29-16-18)38-13-1-10-32-11-8-28-9-12-32;/h2-4,7,15-16,22,28H,1,5-6,8-14,17H2,(H,30,35)(H,31,34,36);1H. The molecule has 1 aromatic carbocycles. The normalized spacial score (nSPS) is 19.2. The van der Waals surface area contributed by atoms with Gasteiger partial charge in [0.15, 0.2) is 0 Å². The number of hydrogen-bond donors (Lipinski definition) is 3. The van der Waals surface area contributed by atoms with E-state index >= 15 is 0 Å². The largest absolute Gasteiger partial charge is 0.478 e. The lowest BCUT2D eigenvalue weighted by molar-refractivity contribution is -0.137. The van der Waals surface area contributed by atoms with Gasteiger partial charge in [0.2, 0.25) is 23.6 Å². The number of nitrogens with one attached hydrogen (secondary N) is 3. The highest BCUT2D eigenvalue weighted by atomic mass is 35.5. The first kappa shape index (κ1) is 28.5. The van der Waals surface area contributed by atoms with Gasteiger partial charge in [0.05, 0.1) is 13.0 Å². The van der Waals surface area contributed by atoms with Gasteiger partial charge in [0.25, 0.3) is 5.91 Å². The Hall–Kier alpha value is -3.54. The van der Waals surface area contributed by atoms with Crippen LogP contribution in [0.4, 0.5) is 5.69 Å². The van der Waals surface area contributed by atoms with E-state index in [1.54, 1.807) is 30.5 Å². The summed E-state index contributed by atoms with van der Waals surface area (Å²) in [5, 5.41) is 8.51. The van der Waals surface area contributed by atoms with Crippen LogP contribution in [-0.2, 0) is 27.3 Å². The summed E-state index contributed by atoms with van der Waals surface area (Å²) in [5.74, 6) is -0.680. The molecule has 208 valence electrons. The van der Waals surface area contributed by atoms with E-state index in [9.17, 15) is 19.2 Å². The number of hydrogen-bond acceptors (Lipinski definition) is 8. The van der Waals surface area contributed by atoms with Gasteiger partial charge in [0.1, 0.15) is 6.04 Å². The number of nitrogens with zero attached hydrogens (tertiary/aromatic N) is 3. The molecule has 1 unspecified atom stereocenters. The van der Waals surface area contributed by atoms with E-state index in [2.05, 4.69) is 25.8 Å². The van der Waals surface area contributed by atoms with E-state index in [4.69, 9.17) is 4.74 Å². The molecule has 3 aliphatic rings. The molecule has 12 heteroatoms. The summed E-state index contributed by atoms with van der Waals surface area (Å²) < 4.78 is 5.74. The monoisotopic (exact) mass is 556 g/mol. The van der Waals surface area contributed by atoms with Gasteiger partial charge < -0.3 is 25.2 Å². The number of amides is 4. The van der Waals surface area contributed by atoms with Crippen LogP contribution in [0.5, 0.6) is 5.88 Å². The molecule has 3 aliphatic heterocycles. The van der Waals surface area contributed by atoms with Crippen molar-refractivity contribution in [1.82, 2.24) is 25.4 Å². The van der Waals surface area contributed by atoms with E-state index in [1.807, 2.05) is 6.07 Å². The van der Waals surface area contributed by atoms with Gasteiger partial charge in [-0.25, -0.2) is 4.98 Å². The second-order valence-corrected chi connectivity index (χ2v) is 9.80. The Morgan fingerprint density at radius 3 is 2.69 bits per heavy atom. The van der Waals surface area contributed by atoms with Gasteiger partial charge in [0, 0.05) is 69.2 Å². The van der Waals surface area contributed by atoms with Crippen LogP contribution in [-0.4, -0.2) is 83.8 Å². The van der Waals surface area contributed by atoms with E-state index in [0.29, 0.717) is 30.2 Å². The fourth-order valence-electron chi connectivity index (χ4n) is 5.04. The van der Waals surface area contributed by atoms with Crippen molar-refractivity contribution in [1.29, 1.82) is 0 Å². The first-order valence-electron chi connectivity index (χ1n) is 13.0. The molecule has 0 radical (unpaired) electrons. The Balaban J connectivity index is 0.00000353. The Morgan fingerprint density at radius 2 is 1.95 bits per heavy atom. The zero-order chi connectivity index (χ0) is 26.5. The second-order valence-electron chi connectivity index (χ2n) is 9.80. The zero-order valence-corrected chi connectivity index (χ0v) is 22.4. The molecule has 39 heavy (non-hydrogen) atoms. The smallest absolute Gasteiger partial charge is 0.255 e. The molecule has 0 bridgehead atoms. The number of aromatic nitrogens is 1. The number of anilines is 1. The van der Waals surface area contributed by atoms with Gasteiger partial charge in [-0.1, -0.05) is 6.07 Å². The molecule has 2 saturated heterocycles. The molecule has 1 atom stereocenters. The van der Waals surface area contributed by atoms with Crippen LogP contribution in [0.15, 0.2) is 36.5 Å². The molecule has 0 aliphatic carbocycles. The highest BCUT2D eigenvalue weighted by Crippen LogP contribution is 2.29. The second kappa shape index (κ2) is 13.0. The third-order valence-electron chi connectivity index (χ3n) is 7.05. The Bertz CT molecular complexity index is 1220. The minimum atomic E-state index is -0.669. The quantitative estimate of drug-likeness (QED) is 0.309. The number of carbonyl (C=O) groups is 4. The molecule has 11 nitrogen and oxygen atoms in total. The van der Waals surface area contributed by atoms with Crippen LogP contribution in [0.1, 0.15) is 40.7 Å². The molecule has 4 amide bonds. The van der Waals surface area contributed by atoms with Crippen molar-refractivity contribution in [2.24, 2.45) is 0 Å². The molecule has 0 spiro atoms. The maximum absolute atomic E-state index is 12.8. The number of carbonyl (C=O) groups excluding carboxylic acids is 4. The predicted molar refractivity (Wildman–Crippen MR) is 146 cm³/mol. The van der Waals surface area contributed by atoms with E-state index in [0.717, 1.165) is 50.3 Å². The third-order valence-corrected chi connectivity index (χ3v) is 7.05. The molecule has 2 aromatic rings. The van der Waals surface area contributed by atoms with Crippen LogP contribution in [0, 0.1) is 0 Å². The molecule has 3 N–H and O–H groups in total. The zero-order valence-electron chi connectivity index (χ0n) is 21.6. The van der Waals surface area contributed by atoms with E-state index in [1.165, 1.54) is 4.90 Å². The number of ether oxygens (including phenoxy) is 1. The van der Waals surface area contributed by atoms with Crippen molar-refractivity contribution in [3.63, 3.8) is 0 Å². The number of halogens is 1. The Morgan fingerprint density at radius 1 is 1.13 bits per heavy atom. The van der Waals surface area contributed by atoms with Gasteiger partial charge >= 0.3 is 0 Å². The van der Waals surface area contributed by atoms with Gasteiger partial charge in [-0.3, -0.25) is 24.5 Å². The minimum Gasteiger partial charge on any atom is -0.478 e. The van der Waals surface area contributed by atoms with Crippen LogP contribution >= 0.6 is 12.4 Å². The minimum absolute atomic E-state index is 0. The predicted octanol–water partition coefficient (Wildman–Crippen LogP) is 1.12. The average Bonchev–Trinajstić information content (AvgIpc) is 3.23. The van der Waals surface area contributed by atoms with E-state index in [-0.39, 0.29) is 49.5 Å². The molecule has 4 heterocycles. The lowest BCUT2D eigenvalue weighted by atomic mass is 10.0. The van der Waals surface area contributed by atoms with Crippen molar-refractivity contribution < 1.29 is 23.9 Å². The summed E-state index contributed by atoms with van der Waals surface area (Å²) in [6, 6.07) is 8.03. The number of rotatable bonds is 9. The number of imide groups is 1. The summed E-state index contributed by atoms with van der Waals surface area (Å²) in [6.07, 6.45) is 3.24. The fourth-order valence-corrected chi connectivity index (χ4v) is 5.04. The summed E-state index contributed by atoms with van der Waals surface area (Å²) in [5.41, 5.74) is 2.57. The maximum Gasteiger partial charge on any atom is 0.255 e. The lowest BCUT2D eigenvalue weighted by Gasteiger charge is -2.29. The Kier molecular flexibility index (Phi) is 9.50. The van der Waals surface area contributed by atoms with Crippen molar-refractivity contribution in [2.45, 2.75) is 38.3 Å². The van der Waals surface area contributed by atoms with Crippen LogP contribution < -0.4 is 20.7 Å². The maximum atomic E-state index is 12.8. The molecule has 1 aromatic heterocycles. The summed E-state index contributed by atoms with van der Waals surface area (Å²) in [6.45, 7) is 6.06. The van der Waals surface area contributed by atoms with Crippen LogP contribution in [0.2, 0.25) is 0 Å². The topological polar surface area (TPSA) is 133 Å². The molecular formula is C27H33ClN6O5. The lowest BCUT2D eigenvalue weighted by Crippen LogP contribution is -2.52. The number of pyridine rings is 1. The van der Waals surface area contributed by atoms with Crippen molar-refractivity contribution in [2.75, 3.05) is 44.6 Å². The average molecular weight is 557 g/mol. The molecule has 2 fully saturated rings. The van der Waals surface area contributed by atoms with Gasteiger partial charge in [-0.05, 0) is 42.2 Å². The SMILES string of the molecule is Cl.O=C1CCC(N2Cc3cc(NC(=O)Cc4ccc(OCCCN5CCNCC5)nc4)ccc3C2=O)C(=O)N1. The molecular weight excluding hydrogens is 524 g/mol.